The minimum Gasteiger partial charge on any atom is -0.504 e. The molecule has 0 saturated carbocycles. The van der Waals surface area contributed by atoms with Gasteiger partial charge in [-0.05, 0) is 24.3 Å². The molecule has 0 spiro atoms. The fourth-order valence-corrected chi connectivity index (χ4v) is 2.22. The molecule has 0 bridgehead atoms. The Morgan fingerprint density at radius 3 is 2.40 bits per heavy atom. The number of phenolic OH excluding ortho intramolecular Hbond substituents is 2. The number of hydrogen-bond donors (Lipinski definition) is 2. The van der Waals surface area contributed by atoms with Crippen LogP contribution in [0.2, 0.25) is 0 Å². The highest BCUT2D eigenvalue weighted by Gasteiger charge is 2.13. The number of phenols is 2. The lowest BCUT2D eigenvalue weighted by atomic mass is 10.1. The van der Waals surface area contributed by atoms with Crippen LogP contribution in [0, 0.1) is 0 Å². The molecule has 4 nitrogen and oxygen atoms in total. The summed E-state index contributed by atoms with van der Waals surface area (Å²) in [5.41, 5.74) is 0.407. The van der Waals surface area contributed by atoms with Crippen LogP contribution in [0.25, 0.3) is 22.3 Å². The standard InChI is InChI=1S/C15H9BrO4/c16-9-3-1-8(2-4-9)13-7-12(18)10-5-6-11(17)14(19)15(10)20-13/h1-7,17,19H. The molecule has 2 aromatic carbocycles. The predicted molar refractivity (Wildman–Crippen MR) is 78.9 cm³/mol. The molecule has 20 heavy (non-hydrogen) atoms. The van der Waals surface area contributed by atoms with E-state index < -0.39 is 5.75 Å². The van der Waals surface area contributed by atoms with Crippen molar-refractivity contribution in [3.63, 3.8) is 0 Å². The summed E-state index contributed by atoms with van der Waals surface area (Å²) >= 11 is 3.33. The molecule has 0 unspecified atom stereocenters. The van der Waals surface area contributed by atoms with Gasteiger partial charge in [0.15, 0.2) is 16.8 Å². The van der Waals surface area contributed by atoms with Crippen molar-refractivity contribution < 1.29 is 14.6 Å². The fourth-order valence-electron chi connectivity index (χ4n) is 1.95. The molecular formula is C15H9BrO4. The summed E-state index contributed by atoms with van der Waals surface area (Å²) < 4.78 is 6.46. The van der Waals surface area contributed by atoms with Gasteiger partial charge in [-0.3, -0.25) is 4.79 Å². The Bertz CT molecular complexity index is 850. The zero-order chi connectivity index (χ0) is 14.3. The minimum absolute atomic E-state index is 0.0181. The van der Waals surface area contributed by atoms with Crippen LogP contribution in [-0.2, 0) is 0 Å². The molecular weight excluding hydrogens is 324 g/mol. The second-order valence-electron chi connectivity index (χ2n) is 4.29. The van der Waals surface area contributed by atoms with Gasteiger partial charge in [0.1, 0.15) is 5.76 Å². The molecule has 0 radical (unpaired) electrons. The largest absolute Gasteiger partial charge is 0.504 e. The van der Waals surface area contributed by atoms with Crippen molar-refractivity contribution in [2.75, 3.05) is 0 Å². The highest BCUT2D eigenvalue weighted by Crippen LogP contribution is 2.34. The van der Waals surface area contributed by atoms with Crippen molar-refractivity contribution in [1.29, 1.82) is 0 Å². The van der Waals surface area contributed by atoms with Crippen LogP contribution in [-0.4, -0.2) is 10.2 Å². The molecule has 0 aliphatic carbocycles. The Kier molecular flexibility index (Phi) is 2.99. The van der Waals surface area contributed by atoms with Gasteiger partial charge in [0.05, 0.1) is 5.39 Å². The van der Waals surface area contributed by atoms with E-state index in [1.54, 1.807) is 12.1 Å². The fraction of sp³-hybridized carbons (Fsp3) is 0. The quantitative estimate of drug-likeness (QED) is 0.667. The average molecular weight is 333 g/mol. The maximum absolute atomic E-state index is 12.0. The second kappa shape index (κ2) is 4.68. The summed E-state index contributed by atoms with van der Waals surface area (Å²) in [5.74, 6) is -0.428. The molecule has 0 fully saturated rings. The van der Waals surface area contributed by atoms with Crippen molar-refractivity contribution in [3.05, 3.63) is 57.2 Å². The third-order valence-corrected chi connectivity index (χ3v) is 3.51. The van der Waals surface area contributed by atoms with Crippen LogP contribution in [0.4, 0.5) is 0 Å². The molecule has 5 heteroatoms. The number of rotatable bonds is 1. The summed E-state index contributed by atoms with van der Waals surface area (Å²) in [7, 11) is 0. The van der Waals surface area contributed by atoms with Gasteiger partial charge in [-0.1, -0.05) is 28.1 Å². The van der Waals surface area contributed by atoms with E-state index >= 15 is 0 Å². The van der Waals surface area contributed by atoms with Gasteiger partial charge in [0.2, 0.25) is 5.75 Å². The highest BCUT2D eigenvalue weighted by atomic mass is 79.9. The van der Waals surface area contributed by atoms with Gasteiger partial charge in [-0.2, -0.15) is 0 Å². The Balaban J connectivity index is 2.31. The molecule has 1 aromatic heterocycles. The molecule has 1 heterocycles. The van der Waals surface area contributed by atoms with Crippen LogP contribution < -0.4 is 5.43 Å². The predicted octanol–water partition coefficient (Wildman–Crippen LogP) is 3.63. The molecule has 0 atom stereocenters. The van der Waals surface area contributed by atoms with Gasteiger partial charge < -0.3 is 14.6 Å². The van der Waals surface area contributed by atoms with Crippen molar-refractivity contribution in [3.8, 4) is 22.8 Å². The van der Waals surface area contributed by atoms with Crippen molar-refractivity contribution in [2.24, 2.45) is 0 Å². The van der Waals surface area contributed by atoms with E-state index in [9.17, 15) is 15.0 Å². The monoisotopic (exact) mass is 332 g/mol. The smallest absolute Gasteiger partial charge is 0.201 e. The molecule has 0 aliphatic heterocycles. The number of fused-ring (bicyclic) bond motifs is 1. The summed E-state index contributed by atoms with van der Waals surface area (Å²) in [5, 5.41) is 19.5. The van der Waals surface area contributed by atoms with Crippen LogP contribution in [0.5, 0.6) is 11.5 Å². The van der Waals surface area contributed by atoms with Crippen molar-refractivity contribution in [2.45, 2.75) is 0 Å². The number of halogens is 1. The average Bonchev–Trinajstić information content (AvgIpc) is 2.44. The normalized spacial score (nSPS) is 10.8. The molecule has 3 aromatic rings. The molecule has 2 N–H and O–H groups in total. The van der Waals surface area contributed by atoms with Crippen molar-refractivity contribution >= 4 is 26.9 Å². The highest BCUT2D eigenvalue weighted by molar-refractivity contribution is 9.10. The van der Waals surface area contributed by atoms with Crippen LogP contribution >= 0.6 is 15.9 Å². The topological polar surface area (TPSA) is 70.7 Å². The number of aromatic hydroxyl groups is 2. The number of hydrogen-bond acceptors (Lipinski definition) is 4. The van der Waals surface area contributed by atoms with E-state index in [1.165, 1.54) is 18.2 Å². The van der Waals surface area contributed by atoms with Crippen molar-refractivity contribution in [1.82, 2.24) is 0 Å². The van der Waals surface area contributed by atoms with E-state index in [0.29, 0.717) is 11.3 Å². The first kappa shape index (κ1) is 12.7. The zero-order valence-electron chi connectivity index (χ0n) is 10.1. The van der Waals surface area contributed by atoms with Gasteiger partial charge in [0, 0.05) is 16.1 Å². The van der Waals surface area contributed by atoms with E-state index in [0.717, 1.165) is 4.47 Å². The molecule has 100 valence electrons. The first-order valence-corrected chi connectivity index (χ1v) is 6.60. The Hall–Kier alpha value is -2.27. The minimum atomic E-state index is -0.432. The van der Waals surface area contributed by atoms with Gasteiger partial charge >= 0.3 is 0 Å². The molecule has 0 amide bonds. The third kappa shape index (κ3) is 2.06. The molecule has 0 aliphatic rings. The van der Waals surface area contributed by atoms with Crippen LogP contribution in [0.3, 0.4) is 0 Å². The Morgan fingerprint density at radius 1 is 1.00 bits per heavy atom. The van der Waals surface area contributed by atoms with Gasteiger partial charge in [0.25, 0.3) is 0 Å². The van der Waals surface area contributed by atoms with Crippen LogP contribution in [0.1, 0.15) is 0 Å². The van der Waals surface area contributed by atoms with E-state index in [-0.39, 0.29) is 22.1 Å². The zero-order valence-corrected chi connectivity index (χ0v) is 11.7. The molecule has 0 saturated heterocycles. The van der Waals surface area contributed by atoms with E-state index in [2.05, 4.69) is 15.9 Å². The summed E-state index contributed by atoms with van der Waals surface area (Å²) in [6, 6.07) is 11.3. The SMILES string of the molecule is O=c1cc(-c2ccc(Br)cc2)oc2c(O)c(O)ccc12. The number of benzene rings is 2. The van der Waals surface area contributed by atoms with Gasteiger partial charge in [-0.15, -0.1) is 0 Å². The summed E-state index contributed by atoms with van der Waals surface area (Å²) in [6.07, 6.45) is 0. The second-order valence-corrected chi connectivity index (χ2v) is 5.21. The lowest BCUT2D eigenvalue weighted by Crippen LogP contribution is -2.00. The maximum Gasteiger partial charge on any atom is 0.201 e. The van der Waals surface area contributed by atoms with Gasteiger partial charge in [-0.25, -0.2) is 0 Å². The first-order chi connectivity index (χ1) is 9.56. The lowest BCUT2D eigenvalue weighted by molar-refractivity contribution is 0.400. The Labute approximate surface area is 122 Å². The molecule has 3 rings (SSSR count). The lowest BCUT2D eigenvalue weighted by Gasteiger charge is -2.05. The third-order valence-electron chi connectivity index (χ3n) is 2.98. The van der Waals surface area contributed by atoms with E-state index in [4.69, 9.17) is 4.42 Å². The maximum atomic E-state index is 12.0. The summed E-state index contributed by atoms with van der Waals surface area (Å²) in [6.45, 7) is 0. The Morgan fingerprint density at radius 2 is 1.70 bits per heavy atom. The van der Waals surface area contributed by atoms with Crippen LogP contribution in [0.15, 0.2) is 56.1 Å². The van der Waals surface area contributed by atoms with E-state index in [1.807, 2.05) is 12.1 Å². The summed E-state index contributed by atoms with van der Waals surface area (Å²) in [4.78, 5) is 12.0. The first-order valence-electron chi connectivity index (χ1n) is 5.81.